The number of halogens is 2. The van der Waals surface area contributed by atoms with Crippen molar-refractivity contribution in [3.63, 3.8) is 0 Å². The van der Waals surface area contributed by atoms with E-state index >= 15 is 0 Å². The van der Waals surface area contributed by atoms with Crippen molar-refractivity contribution in [2.45, 2.75) is 23.6 Å². The maximum atomic E-state index is 10.2. The van der Waals surface area contributed by atoms with Gasteiger partial charge in [0, 0.05) is 6.42 Å². The van der Waals surface area contributed by atoms with Crippen LogP contribution in [0.25, 0.3) is 0 Å². The molecule has 0 saturated carbocycles. The lowest BCUT2D eigenvalue weighted by molar-refractivity contribution is -0.109. The van der Waals surface area contributed by atoms with E-state index in [1.54, 1.807) is 6.07 Å². The van der Waals surface area contributed by atoms with Gasteiger partial charge in [-0.25, -0.2) is 0 Å². The number of hydrogen-bond donors (Lipinski definition) is 0. The van der Waals surface area contributed by atoms with Gasteiger partial charge < -0.3 is 4.79 Å². The summed E-state index contributed by atoms with van der Waals surface area (Å²) in [6, 6.07) is 1.78. The first-order chi connectivity index (χ1) is 4.52. The van der Waals surface area contributed by atoms with Crippen LogP contribution in [0.2, 0.25) is 0 Å². The SMILES string of the molecule is CC(Cl)(C=O)CC(Cl)C#N. The zero-order valence-electron chi connectivity index (χ0n) is 5.47. The van der Waals surface area contributed by atoms with Crippen molar-refractivity contribution in [1.82, 2.24) is 0 Å². The fourth-order valence-electron chi connectivity index (χ4n) is 0.444. The zero-order chi connectivity index (χ0) is 8.20. The Morgan fingerprint density at radius 2 is 2.40 bits per heavy atom. The molecule has 0 aliphatic carbocycles. The summed E-state index contributed by atoms with van der Waals surface area (Å²) in [5.41, 5.74) is 0. The molecule has 0 fully saturated rings. The quantitative estimate of drug-likeness (QED) is 0.489. The van der Waals surface area contributed by atoms with E-state index < -0.39 is 10.3 Å². The Morgan fingerprint density at radius 3 is 2.70 bits per heavy atom. The molecule has 0 N–H and O–H groups in total. The third-order valence-corrected chi connectivity index (χ3v) is 1.46. The van der Waals surface area contributed by atoms with Crippen LogP contribution in [-0.4, -0.2) is 16.5 Å². The van der Waals surface area contributed by atoms with Crippen molar-refractivity contribution in [2.24, 2.45) is 0 Å². The number of hydrogen-bond acceptors (Lipinski definition) is 2. The van der Waals surface area contributed by atoms with Crippen LogP contribution in [0.1, 0.15) is 13.3 Å². The van der Waals surface area contributed by atoms with Gasteiger partial charge in [-0.15, -0.1) is 23.2 Å². The number of carbonyl (C=O) groups is 1. The second-order valence-corrected chi connectivity index (χ2v) is 3.59. The minimum atomic E-state index is -0.998. The van der Waals surface area contributed by atoms with Crippen molar-refractivity contribution in [3.05, 3.63) is 0 Å². The standard InChI is InChI=1S/C6H7Cl2NO/c1-6(8,4-10)2-5(7)3-9/h4-5H,2H2,1H3. The van der Waals surface area contributed by atoms with Gasteiger partial charge in [-0.3, -0.25) is 0 Å². The predicted octanol–water partition coefficient (Wildman–Crippen LogP) is 1.70. The summed E-state index contributed by atoms with van der Waals surface area (Å²) in [6.45, 7) is 1.52. The maximum absolute atomic E-state index is 10.2. The minimum Gasteiger partial charge on any atom is -0.301 e. The van der Waals surface area contributed by atoms with E-state index in [1.165, 1.54) is 6.92 Å². The number of aldehydes is 1. The first-order valence-corrected chi connectivity index (χ1v) is 3.52. The molecule has 56 valence electrons. The second kappa shape index (κ2) is 3.80. The van der Waals surface area contributed by atoms with Gasteiger partial charge in [-0.2, -0.15) is 5.26 Å². The molecule has 0 aliphatic heterocycles. The van der Waals surface area contributed by atoms with Gasteiger partial charge in [0.25, 0.3) is 0 Å². The molecule has 2 nitrogen and oxygen atoms in total. The van der Waals surface area contributed by atoms with E-state index in [4.69, 9.17) is 28.5 Å². The van der Waals surface area contributed by atoms with Gasteiger partial charge in [-0.05, 0) is 6.92 Å². The fraction of sp³-hybridized carbons (Fsp3) is 0.667. The largest absolute Gasteiger partial charge is 0.301 e. The molecule has 10 heavy (non-hydrogen) atoms. The molecule has 0 aromatic heterocycles. The smallest absolute Gasteiger partial charge is 0.140 e. The summed E-state index contributed by atoms with van der Waals surface area (Å²) in [6.07, 6.45) is 0.761. The van der Waals surface area contributed by atoms with Crippen LogP contribution in [0.15, 0.2) is 0 Å². The van der Waals surface area contributed by atoms with Crippen LogP contribution in [0, 0.1) is 11.3 Å². The topological polar surface area (TPSA) is 40.9 Å². The molecule has 4 heteroatoms. The van der Waals surface area contributed by atoms with Crippen LogP contribution in [0.4, 0.5) is 0 Å². The number of rotatable bonds is 3. The summed E-state index contributed by atoms with van der Waals surface area (Å²) < 4.78 is 0. The van der Waals surface area contributed by atoms with E-state index in [1.807, 2.05) is 0 Å². The lowest BCUT2D eigenvalue weighted by Gasteiger charge is -2.12. The van der Waals surface area contributed by atoms with Gasteiger partial charge in [0.15, 0.2) is 0 Å². The zero-order valence-corrected chi connectivity index (χ0v) is 6.99. The Balaban J connectivity index is 3.90. The van der Waals surface area contributed by atoms with Gasteiger partial charge in [0.05, 0.1) is 10.9 Å². The molecule has 0 saturated heterocycles. The lowest BCUT2D eigenvalue weighted by atomic mass is 10.1. The highest BCUT2D eigenvalue weighted by atomic mass is 35.5. The fourth-order valence-corrected chi connectivity index (χ4v) is 0.998. The Bertz CT molecular complexity index is 162. The second-order valence-electron chi connectivity index (χ2n) is 2.20. The van der Waals surface area contributed by atoms with Crippen molar-refractivity contribution in [2.75, 3.05) is 0 Å². The molecule has 0 radical (unpaired) electrons. The molecule has 0 rings (SSSR count). The molecule has 0 aromatic carbocycles. The highest BCUT2D eigenvalue weighted by molar-refractivity contribution is 6.32. The van der Waals surface area contributed by atoms with Gasteiger partial charge in [0.2, 0.25) is 0 Å². The normalized spacial score (nSPS) is 18.6. The van der Waals surface area contributed by atoms with E-state index in [9.17, 15) is 4.79 Å². The highest BCUT2D eigenvalue weighted by Crippen LogP contribution is 2.20. The summed E-state index contributed by atoms with van der Waals surface area (Å²) in [7, 11) is 0. The van der Waals surface area contributed by atoms with Crippen LogP contribution in [0.5, 0.6) is 0 Å². The van der Waals surface area contributed by atoms with Crippen LogP contribution >= 0.6 is 23.2 Å². The maximum Gasteiger partial charge on any atom is 0.140 e. The molecule has 0 aliphatic rings. The molecule has 0 bridgehead atoms. The molecule has 0 heterocycles. The molecular weight excluding hydrogens is 173 g/mol. The summed E-state index contributed by atoms with van der Waals surface area (Å²) in [5.74, 6) is 0. The van der Waals surface area contributed by atoms with Gasteiger partial charge >= 0.3 is 0 Å². The summed E-state index contributed by atoms with van der Waals surface area (Å²) in [5, 5.41) is 7.55. The van der Waals surface area contributed by atoms with Crippen molar-refractivity contribution < 1.29 is 4.79 Å². The number of nitrogens with zero attached hydrogens (tertiary/aromatic N) is 1. The minimum absolute atomic E-state index is 0.177. The van der Waals surface area contributed by atoms with Crippen molar-refractivity contribution in [1.29, 1.82) is 5.26 Å². The Hall–Kier alpha value is -0.260. The Morgan fingerprint density at radius 1 is 1.90 bits per heavy atom. The Labute approximate surface area is 69.7 Å². The predicted molar refractivity (Wildman–Crippen MR) is 40.2 cm³/mol. The first kappa shape index (κ1) is 9.74. The van der Waals surface area contributed by atoms with E-state index in [0.717, 1.165) is 0 Å². The van der Waals surface area contributed by atoms with Crippen molar-refractivity contribution >= 4 is 29.5 Å². The molecule has 0 spiro atoms. The van der Waals surface area contributed by atoms with Crippen LogP contribution in [0.3, 0.4) is 0 Å². The Kier molecular flexibility index (Phi) is 3.70. The highest BCUT2D eigenvalue weighted by Gasteiger charge is 2.23. The molecular formula is C6H7Cl2NO. The third kappa shape index (κ3) is 3.71. The monoisotopic (exact) mass is 179 g/mol. The number of alkyl halides is 2. The molecule has 0 aromatic rings. The summed E-state index contributed by atoms with van der Waals surface area (Å²) in [4.78, 5) is 9.18. The number of carbonyl (C=O) groups excluding carboxylic acids is 1. The lowest BCUT2D eigenvalue weighted by Crippen LogP contribution is -2.22. The van der Waals surface area contributed by atoms with Crippen molar-refractivity contribution in [3.8, 4) is 6.07 Å². The third-order valence-electron chi connectivity index (χ3n) is 0.964. The summed E-state index contributed by atoms with van der Waals surface area (Å²) >= 11 is 11.0. The first-order valence-electron chi connectivity index (χ1n) is 2.71. The van der Waals surface area contributed by atoms with Gasteiger partial charge in [0.1, 0.15) is 11.7 Å². The molecule has 0 amide bonds. The molecule has 2 unspecified atom stereocenters. The van der Waals surface area contributed by atoms with Gasteiger partial charge in [-0.1, -0.05) is 0 Å². The average molecular weight is 180 g/mol. The van der Waals surface area contributed by atoms with E-state index in [2.05, 4.69) is 0 Å². The average Bonchev–Trinajstić information content (AvgIpc) is 1.87. The van der Waals surface area contributed by atoms with E-state index in [-0.39, 0.29) is 6.42 Å². The van der Waals surface area contributed by atoms with Crippen LogP contribution < -0.4 is 0 Å². The number of nitriles is 1. The van der Waals surface area contributed by atoms with E-state index in [0.29, 0.717) is 6.29 Å². The molecule has 2 atom stereocenters. The van der Waals surface area contributed by atoms with Crippen LogP contribution in [-0.2, 0) is 4.79 Å².